The predicted molar refractivity (Wildman–Crippen MR) is 54.0 cm³/mol. The van der Waals surface area contributed by atoms with Gasteiger partial charge < -0.3 is 25.2 Å². The third-order valence-corrected chi connectivity index (χ3v) is 2.49. The number of likely N-dealkylation sites (N-methyl/N-ethyl adjacent to an activating group) is 1. The van der Waals surface area contributed by atoms with Crippen molar-refractivity contribution in [1.29, 1.82) is 0 Å². The number of carbonyl (C=O) groups excluding carboxylic acids is 1. The molecule has 7 nitrogen and oxygen atoms in total. The molecule has 0 bridgehead atoms. The number of rotatable bonds is 4. The summed E-state index contributed by atoms with van der Waals surface area (Å²) in [5.74, 6) is -1.68. The van der Waals surface area contributed by atoms with Crippen molar-refractivity contribution in [1.82, 2.24) is 10.2 Å². The van der Waals surface area contributed by atoms with E-state index in [4.69, 9.17) is 14.9 Å². The van der Waals surface area contributed by atoms with Gasteiger partial charge >= 0.3 is 12.0 Å². The third-order valence-electron chi connectivity index (χ3n) is 2.49. The van der Waals surface area contributed by atoms with Crippen LogP contribution in [-0.2, 0) is 9.53 Å². The average Bonchev–Trinajstić information content (AvgIpc) is 2.66. The topological polar surface area (TPSA) is 99.1 Å². The van der Waals surface area contributed by atoms with Crippen LogP contribution < -0.4 is 5.32 Å². The van der Waals surface area contributed by atoms with Crippen LogP contribution in [0.5, 0.6) is 0 Å². The normalized spacial score (nSPS) is 24.1. The first-order valence-electron chi connectivity index (χ1n) is 4.99. The summed E-state index contributed by atoms with van der Waals surface area (Å²) in [5, 5.41) is 20.1. The van der Waals surface area contributed by atoms with Crippen molar-refractivity contribution >= 4 is 12.0 Å². The Morgan fingerprint density at radius 1 is 1.50 bits per heavy atom. The van der Waals surface area contributed by atoms with E-state index in [0.717, 1.165) is 0 Å². The van der Waals surface area contributed by atoms with Gasteiger partial charge in [-0.2, -0.15) is 0 Å². The molecule has 2 unspecified atom stereocenters. The minimum absolute atomic E-state index is 0.115. The highest BCUT2D eigenvalue weighted by Gasteiger charge is 2.35. The fourth-order valence-corrected chi connectivity index (χ4v) is 1.46. The molecule has 2 amide bonds. The van der Waals surface area contributed by atoms with E-state index < -0.39 is 24.0 Å². The zero-order chi connectivity index (χ0) is 12.1. The molecule has 1 saturated heterocycles. The Morgan fingerprint density at radius 2 is 2.19 bits per heavy atom. The molecule has 7 heteroatoms. The predicted octanol–water partition coefficient (Wildman–Crippen LogP) is -1.28. The molecule has 1 fully saturated rings. The lowest BCUT2D eigenvalue weighted by Gasteiger charge is -2.21. The van der Waals surface area contributed by atoms with Crippen LogP contribution in [0.15, 0.2) is 0 Å². The standard InChI is InChI=1S/C9H16N2O5/c1-11(2-3-12)9(15)10-7-5-16-4-6(7)8(13)14/h6-7,12H,2-5H2,1H3,(H,10,15)(H,13,14). The van der Waals surface area contributed by atoms with Crippen molar-refractivity contribution in [2.45, 2.75) is 6.04 Å². The number of hydrogen-bond acceptors (Lipinski definition) is 4. The number of carboxylic acids is 1. The lowest BCUT2D eigenvalue weighted by atomic mass is 10.0. The minimum atomic E-state index is -0.979. The van der Waals surface area contributed by atoms with E-state index >= 15 is 0 Å². The fraction of sp³-hybridized carbons (Fsp3) is 0.778. The van der Waals surface area contributed by atoms with E-state index in [9.17, 15) is 9.59 Å². The van der Waals surface area contributed by atoms with E-state index in [0.29, 0.717) is 0 Å². The van der Waals surface area contributed by atoms with Crippen molar-refractivity contribution in [3.05, 3.63) is 0 Å². The van der Waals surface area contributed by atoms with Gasteiger partial charge in [-0.3, -0.25) is 4.79 Å². The monoisotopic (exact) mass is 232 g/mol. The van der Waals surface area contributed by atoms with Crippen molar-refractivity contribution < 1.29 is 24.5 Å². The highest BCUT2D eigenvalue weighted by atomic mass is 16.5. The molecule has 0 aromatic heterocycles. The second kappa shape index (κ2) is 5.66. The quantitative estimate of drug-likeness (QED) is 0.560. The maximum absolute atomic E-state index is 11.5. The van der Waals surface area contributed by atoms with Gasteiger partial charge in [0.05, 0.1) is 25.9 Å². The first-order chi connectivity index (χ1) is 7.56. The summed E-state index contributed by atoms with van der Waals surface area (Å²) in [6, 6.07) is -0.915. The number of nitrogens with zero attached hydrogens (tertiary/aromatic N) is 1. The van der Waals surface area contributed by atoms with E-state index in [1.807, 2.05) is 0 Å². The van der Waals surface area contributed by atoms with Crippen molar-refractivity contribution in [3.63, 3.8) is 0 Å². The lowest BCUT2D eigenvalue weighted by Crippen LogP contribution is -2.48. The van der Waals surface area contributed by atoms with Gasteiger partial charge in [0.25, 0.3) is 0 Å². The van der Waals surface area contributed by atoms with Gasteiger partial charge in [-0.25, -0.2) is 4.79 Å². The second-order valence-electron chi connectivity index (χ2n) is 3.68. The molecule has 16 heavy (non-hydrogen) atoms. The molecule has 0 saturated carbocycles. The molecule has 0 aliphatic carbocycles. The van der Waals surface area contributed by atoms with Crippen molar-refractivity contribution in [2.24, 2.45) is 5.92 Å². The Bertz CT molecular complexity index is 271. The molecule has 1 rings (SSSR count). The van der Waals surface area contributed by atoms with Crippen LogP contribution in [0, 0.1) is 5.92 Å². The molecule has 0 radical (unpaired) electrons. The summed E-state index contributed by atoms with van der Waals surface area (Å²) in [6.07, 6.45) is 0. The largest absolute Gasteiger partial charge is 0.481 e. The van der Waals surface area contributed by atoms with Crippen molar-refractivity contribution in [2.75, 3.05) is 33.4 Å². The molecular formula is C9H16N2O5. The highest BCUT2D eigenvalue weighted by Crippen LogP contribution is 2.13. The van der Waals surface area contributed by atoms with Gasteiger partial charge in [0.15, 0.2) is 0 Å². The number of aliphatic hydroxyl groups is 1. The van der Waals surface area contributed by atoms with Gasteiger partial charge in [0, 0.05) is 13.6 Å². The molecule has 0 spiro atoms. The smallest absolute Gasteiger partial charge is 0.317 e. The molecule has 0 aromatic carbocycles. The zero-order valence-electron chi connectivity index (χ0n) is 9.05. The number of aliphatic hydroxyl groups excluding tert-OH is 1. The number of carbonyl (C=O) groups is 2. The summed E-state index contributed by atoms with van der Waals surface area (Å²) in [7, 11) is 1.52. The van der Waals surface area contributed by atoms with Gasteiger partial charge in [0.2, 0.25) is 0 Å². The maximum atomic E-state index is 11.5. The first-order valence-corrected chi connectivity index (χ1v) is 4.99. The molecule has 1 aliphatic heterocycles. The maximum Gasteiger partial charge on any atom is 0.317 e. The van der Waals surface area contributed by atoms with E-state index in [1.54, 1.807) is 0 Å². The number of aliphatic carboxylic acids is 1. The van der Waals surface area contributed by atoms with Gasteiger partial charge in [-0.15, -0.1) is 0 Å². The number of hydrogen-bond donors (Lipinski definition) is 3. The van der Waals surface area contributed by atoms with E-state index in [2.05, 4.69) is 5.32 Å². The molecular weight excluding hydrogens is 216 g/mol. The Balaban J connectivity index is 2.47. The molecule has 1 heterocycles. The van der Waals surface area contributed by atoms with Crippen LogP contribution >= 0.6 is 0 Å². The summed E-state index contributed by atoms with van der Waals surface area (Å²) >= 11 is 0. The minimum Gasteiger partial charge on any atom is -0.481 e. The highest BCUT2D eigenvalue weighted by molar-refractivity contribution is 5.77. The van der Waals surface area contributed by atoms with Crippen LogP contribution in [0.3, 0.4) is 0 Å². The van der Waals surface area contributed by atoms with Crippen LogP contribution in [0.25, 0.3) is 0 Å². The van der Waals surface area contributed by atoms with Crippen LogP contribution in [0.1, 0.15) is 0 Å². The fourth-order valence-electron chi connectivity index (χ4n) is 1.46. The van der Waals surface area contributed by atoms with Gasteiger partial charge in [-0.1, -0.05) is 0 Å². The molecule has 2 atom stereocenters. The van der Waals surface area contributed by atoms with E-state index in [1.165, 1.54) is 11.9 Å². The Kier molecular flexibility index (Phi) is 4.51. The number of urea groups is 1. The summed E-state index contributed by atoms with van der Waals surface area (Å²) in [6.45, 7) is 0.393. The summed E-state index contributed by atoms with van der Waals surface area (Å²) in [4.78, 5) is 23.6. The Labute approximate surface area is 93.0 Å². The lowest BCUT2D eigenvalue weighted by molar-refractivity contribution is -0.142. The number of nitrogens with one attached hydrogen (secondary N) is 1. The third kappa shape index (κ3) is 3.07. The van der Waals surface area contributed by atoms with Gasteiger partial charge in [0.1, 0.15) is 5.92 Å². The zero-order valence-corrected chi connectivity index (χ0v) is 9.05. The molecule has 0 aromatic rings. The average molecular weight is 232 g/mol. The van der Waals surface area contributed by atoms with E-state index in [-0.39, 0.29) is 26.4 Å². The number of amides is 2. The van der Waals surface area contributed by atoms with Crippen LogP contribution in [0.2, 0.25) is 0 Å². The number of carboxylic acid groups (broad SMARTS) is 1. The summed E-state index contributed by atoms with van der Waals surface area (Å²) in [5.41, 5.74) is 0. The van der Waals surface area contributed by atoms with Crippen LogP contribution in [-0.4, -0.2) is 66.6 Å². The Morgan fingerprint density at radius 3 is 2.75 bits per heavy atom. The Hall–Kier alpha value is -1.34. The van der Waals surface area contributed by atoms with Crippen molar-refractivity contribution in [3.8, 4) is 0 Å². The number of ether oxygens (including phenoxy) is 1. The molecule has 92 valence electrons. The first kappa shape index (κ1) is 12.7. The van der Waals surface area contributed by atoms with Crippen LogP contribution in [0.4, 0.5) is 4.79 Å². The van der Waals surface area contributed by atoms with Gasteiger partial charge in [-0.05, 0) is 0 Å². The SMILES string of the molecule is CN(CCO)C(=O)NC1COCC1C(=O)O. The summed E-state index contributed by atoms with van der Waals surface area (Å²) < 4.78 is 5.01. The molecule has 3 N–H and O–H groups in total. The molecule has 1 aliphatic rings. The second-order valence-corrected chi connectivity index (χ2v) is 3.68.